The van der Waals surface area contributed by atoms with Crippen LogP contribution in [0.4, 0.5) is 5.69 Å². The molecule has 0 bridgehead atoms. The van der Waals surface area contributed by atoms with Gasteiger partial charge in [-0.15, -0.1) is 0 Å². The Kier molecular flexibility index (Phi) is 4.54. The number of hydrogen-bond acceptors (Lipinski definition) is 2. The normalized spacial score (nSPS) is 13.4. The van der Waals surface area contributed by atoms with Crippen LogP contribution in [0.25, 0.3) is 0 Å². The van der Waals surface area contributed by atoms with Crippen molar-refractivity contribution in [1.29, 1.82) is 0 Å². The molecule has 0 fully saturated rings. The van der Waals surface area contributed by atoms with Crippen molar-refractivity contribution in [3.05, 3.63) is 29.3 Å². The third kappa shape index (κ3) is 3.71. The summed E-state index contributed by atoms with van der Waals surface area (Å²) in [5.74, 6) is 0.241. The van der Waals surface area contributed by atoms with Gasteiger partial charge in [0.05, 0.1) is 5.69 Å². The Morgan fingerprint density at radius 2 is 2.00 bits per heavy atom. The molecule has 17 heavy (non-hydrogen) atoms. The molecule has 1 aromatic rings. The van der Waals surface area contributed by atoms with Crippen LogP contribution < -0.4 is 4.72 Å². The largest absolute Gasteiger partial charge is 0.357 e. The molecule has 0 spiro atoms. The van der Waals surface area contributed by atoms with Gasteiger partial charge in [0.1, 0.15) is 0 Å². The van der Waals surface area contributed by atoms with Crippen LogP contribution in [0.1, 0.15) is 44.2 Å². The highest BCUT2D eigenvalue weighted by Crippen LogP contribution is 2.30. The lowest BCUT2D eigenvalue weighted by Crippen LogP contribution is -2.14. The SMILES string of the molecule is CCc1cccc(C(C)CC)c1NS(=O)(=O)O. The Morgan fingerprint density at radius 1 is 1.35 bits per heavy atom. The first-order chi connectivity index (χ1) is 7.89. The number of nitrogens with one attached hydrogen (secondary N) is 1. The van der Waals surface area contributed by atoms with Crippen molar-refractivity contribution in [3.8, 4) is 0 Å². The standard InChI is InChI=1S/C12H19NO3S/c1-4-9(3)11-8-6-7-10(5-2)12(11)13-17(14,15)16/h6-9,13H,4-5H2,1-3H3,(H,14,15,16). The van der Waals surface area contributed by atoms with E-state index in [0.717, 1.165) is 17.5 Å². The first-order valence-electron chi connectivity index (χ1n) is 5.76. The van der Waals surface area contributed by atoms with Crippen LogP contribution in [0.3, 0.4) is 0 Å². The summed E-state index contributed by atoms with van der Waals surface area (Å²) in [6, 6.07) is 5.66. The van der Waals surface area contributed by atoms with Crippen molar-refractivity contribution < 1.29 is 13.0 Å². The molecule has 0 aromatic heterocycles. The number of benzene rings is 1. The number of para-hydroxylation sites is 1. The predicted octanol–water partition coefficient (Wildman–Crippen LogP) is 2.98. The highest BCUT2D eigenvalue weighted by atomic mass is 32.2. The van der Waals surface area contributed by atoms with Crippen molar-refractivity contribution in [3.63, 3.8) is 0 Å². The van der Waals surface area contributed by atoms with Gasteiger partial charge >= 0.3 is 10.3 Å². The lowest BCUT2D eigenvalue weighted by atomic mass is 9.94. The van der Waals surface area contributed by atoms with E-state index >= 15 is 0 Å². The van der Waals surface area contributed by atoms with Gasteiger partial charge in [-0.25, -0.2) is 0 Å². The van der Waals surface area contributed by atoms with Crippen LogP contribution in [0.5, 0.6) is 0 Å². The molecule has 5 heteroatoms. The summed E-state index contributed by atoms with van der Waals surface area (Å²) in [7, 11) is -4.22. The number of rotatable bonds is 5. The van der Waals surface area contributed by atoms with Crippen molar-refractivity contribution >= 4 is 16.0 Å². The molecule has 0 saturated carbocycles. The van der Waals surface area contributed by atoms with Gasteiger partial charge in [-0.05, 0) is 29.9 Å². The van der Waals surface area contributed by atoms with Crippen LogP contribution in [-0.2, 0) is 16.7 Å². The minimum atomic E-state index is -4.22. The van der Waals surface area contributed by atoms with Gasteiger partial charge in [-0.2, -0.15) is 8.42 Å². The Balaban J connectivity index is 3.30. The molecule has 0 aliphatic heterocycles. The maximum atomic E-state index is 11.0. The maximum Gasteiger partial charge on any atom is 0.357 e. The zero-order chi connectivity index (χ0) is 13.1. The Labute approximate surface area is 103 Å². The molecule has 1 rings (SSSR count). The van der Waals surface area contributed by atoms with E-state index in [0.29, 0.717) is 12.1 Å². The molecule has 0 aliphatic carbocycles. The Morgan fingerprint density at radius 3 is 2.47 bits per heavy atom. The second-order valence-electron chi connectivity index (χ2n) is 4.12. The van der Waals surface area contributed by atoms with E-state index in [-0.39, 0.29) is 5.92 Å². The van der Waals surface area contributed by atoms with Gasteiger partial charge in [0, 0.05) is 0 Å². The van der Waals surface area contributed by atoms with Crippen molar-refractivity contribution in [2.75, 3.05) is 4.72 Å². The number of hydrogen-bond donors (Lipinski definition) is 2. The first kappa shape index (κ1) is 14.0. The summed E-state index contributed by atoms with van der Waals surface area (Å²) in [5.41, 5.74) is 2.33. The molecule has 0 heterocycles. The van der Waals surface area contributed by atoms with Gasteiger partial charge < -0.3 is 0 Å². The van der Waals surface area contributed by atoms with Gasteiger partial charge in [0.25, 0.3) is 0 Å². The number of aryl methyl sites for hydroxylation is 1. The zero-order valence-corrected chi connectivity index (χ0v) is 11.2. The number of anilines is 1. The summed E-state index contributed by atoms with van der Waals surface area (Å²) >= 11 is 0. The summed E-state index contributed by atoms with van der Waals surface area (Å²) < 4.78 is 33.1. The van der Waals surface area contributed by atoms with Gasteiger partial charge in [-0.3, -0.25) is 9.27 Å². The third-order valence-electron chi connectivity index (χ3n) is 2.94. The van der Waals surface area contributed by atoms with Crippen molar-refractivity contribution in [2.45, 2.75) is 39.5 Å². The Hall–Kier alpha value is -1.07. The smallest absolute Gasteiger partial charge is 0.269 e. The van der Waals surface area contributed by atoms with Crippen LogP contribution >= 0.6 is 0 Å². The maximum absolute atomic E-state index is 11.0. The van der Waals surface area contributed by atoms with E-state index in [1.54, 1.807) is 0 Å². The average Bonchev–Trinajstić information content (AvgIpc) is 2.26. The monoisotopic (exact) mass is 257 g/mol. The van der Waals surface area contributed by atoms with Crippen LogP contribution in [0.2, 0.25) is 0 Å². The fourth-order valence-electron chi connectivity index (χ4n) is 1.80. The van der Waals surface area contributed by atoms with E-state index in [4.69, 9.17) is 4.55 Å². The molecule has 0 aliphatic rings. The second-order valence-corrected chi connectivity index (χ2v) is 5.28. The minimum absolute atomic E-state index is 0.241. The summed E-state index contributed by atoms with van der Waals surface area (Å²) in [4.78, 5) is 0. The molecular weight excluding hydrogens is 238 g/mol. The van der Waals surface area contributed by atoms with Crippen LogP contribution in [0.15, 0.2) is 18.2 Å². The molecule has 0 amide bonds. The summed E-state index contributed by atoms with van der Waals surface area (Å²) in [5, 5.41) is 0. The van der Waals surface area contributed by atoms with E-state index < -0.39 is 10.3 Å². The molecule has 1 atom stereocenters. The molecular formula is C12H19NO3S. The molecule has 1 unspecified atom stereocenters. The lowest BCUT2D eigenvalue weighted by molar-refractivity contribution is 0.489. The van der Waals surface area contributed by atoms with E-state index in [1.807, 2.05) is 39.0 Å². The van der Waals surface area contributed by atoms with Crippen LogP contribution in [-0.4, -0.2) is 13.0 Å². The quantitative estimate of drug-likeness (QED) is 0.797. The third-order valence-corrected chi connectivity index (χ3v) is 3.40. The highest BCUT2D eigenvalue weighted by Gasteiger charge is 2.15. The van der Waals surface area contributed by atoms with E-state index in [1.165, 1.54) is 0 Å². The topological polar surface area (TPSA) is 66.4 Å². The minimum Gasteiger partial charge on any atom is -0.269 e. The van der Waals surface area contributed by atoms with E-state index in [2.05, 4.69) is 4.72 Å². The van der Waals surface area contributed by atoms with E-state index in [9.17, 15) is 8.42 Å². The van der Waals surface area contributed by atoms with Gasteiger partial charge in [-0.1, -0.05) is 39.0 Å². The van der Waals surface area contributed by atoms with Crippen molar-refractivity contribution in [2.24, 2.45) is 0 Å². The van der Waals surface area contributed by atoms with Crippen molar-refractivity contribution in [1.82, 2.24) is 0 Å². The van der Waals surface area contributed by atoms with Crippen LogP contribution in [0, 0.1) is 0 Å². The first-order valence-corrected chi connectivity index (χ1v) is 7.20. The highest BCUT2D eigenvalue weighted by molar-refractivity contribution is 7.87. The predicted molar refractivity (Wildman–Crippen MR) is 69.7 cm³/mol. The molecule has 0 saturated heterocycles. The zero-order valence-electron chi connectivity index (χ0n) is 10.4. The molecule has 0 radical (unpaired) electrons. The molecule has 96 valence electrons. The summed E-state index contributed by atoms with van der Waals surface area (Å²) in [6.07, 6.45) is 1.62. The molecule has 1 aromatic carbocycles. The van der Waals surface area contributed by atoms with Gasteiger partial charge in [0.2, 0.25) is 0 Å². The molecule has 4 nitrogen and oxygen atoms in total. The van der Waals surface area contributed by atoms with Gasteiger partial charge in [0.15, 0.2) is 0 Å². The fraction of sp³-hybridized carbons (Fsp3) is 0.500. The lowest BCUT2D eigenvalue weighted by Gasteiger charge is -2.18. The molecule has 2 N–H and O–H groups in total. The second kappa shape index (κ2) is 5.51. The summed E-state index contributed by atoms with van der Waals surface area (Å²) in [6.45, 7) is 6.02. The average molecular weight is 257 g/mol. The fourth-order valence-corrected chi connectivity index (χ4v) is 2.31. The Bertz CT molecular complexity index is 483.